The van der Waals surface area contributed by atoms with E-state index in [1.54, 1.807) is 7.11 Å². The van der Waals surface area contributed by atoms with Crippen molar-refractivity contribution in [2.24, 2.45) is 0 Å². The third kappa shape index (κ3) is 5.02. The molecule has 5 heteroatoms. The van der Waals surface area contributed by atoms with E-state index in [0.717, 1.165) is 20.6 Å². The number of hydrogen-bond donors (Lipinski definition) is 2. The first-order valence-electron chi connectivity index (χ1n) is 6.57. The highest BCUT2D eigenvalue weighted by molar-refractivity contribution is 14.1. The number of carbonyl (C=O) groups is 1. The summed E-state index contributed by atoms with van der Waals surface area (Å²) in [6.07, 6.45) is 0. The lowest BCUT2D eigenvalue weighted by atomic mass is 10.2. The lowest BCUT2D eigenvalue weighted by Crippen LogP contribution is -2.27. The van der Waals surface area contributed by atoms with Crippen LogP contribution in [0.25, 0.3) is 0 Å². The minimum atomic E-state index is -0.0485. The van der Waals surface area contributed by atoms with Crippen LogP contribution in [0.3, 0.4) is 0 Å². The van der Waals surface area contributed by atoms with Crippen LogP contribution in [0, 0.1) is 3.57 Å². The van der Waals surface area contributed by atoms with Gasteiger partial charge in [-0.05, 0) is 52.4 Å². The molecule has 0 aliphatic rings. The third-order valence-corrected chi connectivity index (χ3v) is 3.86. The number of para-hydroxylation sites is 1. The van der Waals surface area contributed by atoms with Crippen molar-refractivity contribution < 1.29 is 9.53 Å². The topological polar surface area (TPSA) is 50.4 Å². The zero-order chi connectivity index (χ0) is 15.1. The molecule has 0 saturated heterocycles. The van der Waals surface area contributed by atoms with Crippen molar-refractivity contribution in [1.29, 1.82) is 0 Å². The molecule has 0 aliphatic carbocycles. The Kier molecular flexibility index (Phi) is 6.01. The minimum absolute atomic E-state index is 0.0485. The van der Waals surface area contributed by atoms with Crippen LogP contribution >= 0.6 is 22.6 Å². The maximum atomic E-state index is 11.9. The van der Waals surface area contributed by atoms with Crippen molar-refractivity contribution in [3.8, 4) is 5.75 Å². The van der Waals surface area contributed by atoms with Gasteiger partial charge in [-0.3, -0.25) is 4.79 Å². The first-order chi connectivity index (χ1) is 10.2. The quantitative estimate of drug-likeness (QED) is 0.739. The van der Waals surface area contributed by atoms with Crippen molar-refractivity contribution in [2.75, 3.05) is 19.0 Å². The van der Waals surface area contributed by atoms with E-state index in [1.165, 1.54) is 0 Å². The van der Waals surface area contributed by atoms with Gasteiger partial charge in [-0.2, -0.15) is 0 Å². The van der Waals surface area contributed by atoms with Crippen LogP contribution in [0.2, 0.25) is 0 Å². The molecule has 0 unspecified atom stereocenters. The van der Waals surface area contributed by atoms with Crippen molar-refractivity contribution in [2.45, 2.75) is 6.54 Å². The second-order valence-corrected chi connectivity index (χ2v) is 5.64. The average molecular weight is 396 g/mol. The molecule has 0 atom stereocenters. The fraction of sp³-hybridized carbons (Fsp3) is 0.188. The zero-order valence-electron chi connectivity index (χ0n) is 11.7. The highest BCUT2D eigenvalue weighted by atomic mass is 127. The Balaban J connectivity index is 1.77. The number of methoxy groups -OCH3 is 1. The van der Waals surface area contributed by atoms with E-state index in [-0.39, 0.29) is 12.5 Å². The highest BCUT2D eigenvalue weighted by Gasteiger charge is 2.04. The summed E-state index contributed by atoms with van der Waals surface area (Å²) < 4.78 is 6.13. The van der Waals surface area contributed by atoms with Gasteiger partial charge in [0.2, 0.25) is 5.91 Å². The number of rotatable bonds is 6. The molecule has 0 radical (unpaired) electrons. The van der Waals surface area contributed by atoms with Crippen molar-refractivity contribution in [1.82, 2.24) is 5.32 Å². The molecule has 1 amide bonds. The maximum absolute atomic E-state index is 11.9. The molecule has 0 bridgehead atoms. The molecule has 21 heavy (non-hydrogen) atoms. The van der Waals surface area contributed by atoms with Crippen molar-refractivity contribution in [3.05, 3.63) is 57.7 Å². The maximum Gasteiger partial charge on any atom is 0.238 e. The van der Waals surface area contributed by atoms with Crippen LogP contribution in [0.5, 0.6) is 5.75 Å². The number of nitrogens with one attached hydrogen (secondary N) is 2. The number of hydrogen-bond acceptors (Lipinski definition) is 3. The Morgan fingerprint density at radius 2 is 1.86 bits per heavy atom. The van der Waals surface area contributed by atoms with Gasteiger partial charge < -0.3 is 15.4 Å². The smallest absolute Gasteiger partial charge is 0.238 e. The summed E-state index contributed by atoms with van der Waals surface area (Å²) in [6.45, 7) is 0.917. The monoisotopic (exact) mass is 396 g/mol. The molecule has 0 saturated carbocycles. The molecule has 2 aromatic carbocycles. The number of benzene rings is 2. The molecular weight excluding hydrogens is 379 g/mol. The molecule has 0 heterocycles. The van der Waals surface area contributed by atoms with E-state index in [4.69, 9.17) is 4.74 Å². The largest absolute Gasteiger partial charge is 0.497 e. The predicted octanol–water partition coefficient (Wildman–Crippen LogP) is 3.03. The van der Waals surface area contributed by atoms with Gasteiger partial charge in [0, 0.05) is 10.1 Å². The standard InChI is InChI=1S/C16H17IN2O2/c1-21-13-8-6-12(7-9-13)10-18-11-16(20)19-15-5-3-2-4-14(15)17/h2-9,18H,10-11H2,1H3,(H,19,20). The van der Waals surface area contributed by atoms with E-state index >= 15 is 0 Å². The van der Waals surface area contributed by atoms with Gasteiger partial charge in [0.1, 0.15) is 5.75 Å². The van der Waals surface area contributed by atoms with Crippen LogP contribution in [0.15, 0.2) is 48.5 Å². The Hall–Kier alpha value is -1.60. The lowest BCUT2D eigenvalue weighted by Gasteiger charge is -2.08. The molecule has 4 nitrogen and oxygen atoms in total. The van der Waals surface area contributed by atoms with Gasteiger partial charge in [-0.15, -0.1) is 0 Å². The Morgan fingerprint density at radius 1 is 1.14 bits per heavy atom. The van der Waals surface area contributed by atoms with E-state index in [1.807, 2.05) is 48.5 Å². The fourth-order valence-electron chi connectivity index (χ4n) is 1.82. The van der Waals surface area contributed by atoms with Gasteiger partial charge in [-0.1, -0.05) is 24.3 Å². The van der Waals surface area contributed by atoms with Gasteiger partial charge in [-0.25, -0.2) is 0 Å². The molecule has 2 N–H and O–H groups in total. The third-order valence-electron chi connectivity index (χ3n) is 2.92. The van der Waals surface area contributed by atoms with E-state index < -0.39 is 0 Å². The molecule has 0 spiro atoms. The van der Waals surface area contributed by atoms with Gasteiger partial charge in [0.25, 0.3) is 0 Å². The molecular formula is C16H17IN2O2. The van der Waals surface area contributed by atoms with E-state index in [2.05, 4.69) is 33.2 Å². The fourth-order valence-corrected chi connectivity index (χ4v) is 2.34. The number of halogens is 1. The van der Waals surface area contributed by atoms with Crippen molar-refractivity contribution in [3.63, 3.8) is 0 Å². The van der Waals surface area contributed by atoms with Crippen LogP contribution in [-0.2, 0) is 11.3 Å². The highest BCUT2D eigenvalue weighted by Crippen LogP contribution is 2.16. The van der Waals surface area contributed by atoms with Crippen LogP contribution < -0.4 is 15.4 Å². The molecule has 2 aromatic rings. The molecule has 110 valence electrons. The van der Waals surface area contributed by atoms with E-state index in [9.17, 15) is 4.79 Å². The number of ether oxygens (including phenoxy) is 1. The number of carbonyl (C=O) groups excluding carboxylic acids is 1. The SMILES string of the molecule is COc1ccc(CNCC(=O)Nc2ccccc2I)cc1. The van der Waals surface area contributed by atoms with Gasteiger partial charge in [0.05, 0.1) is 19.3 Å². The van der Waals surface area contributed by atoms with Crippen molar-refractivity contribution >= 4 is 34.2 Å². The molecule has 0 aliphatic heterocycles. The predicted molar refractivity (Wildman–Crippen MR) is 92.5 cm³/mol. The van der Waals surface area contributed by atoms with Crippen LogP contribution in [0.4, 0.5) is 5.69 Å². The average Bonchev–Trinajstić information content (AvgIpc) is 2.50. The first kappa shape index (κ1) is 15.8. The Bertz CT molecular complexity index is 599. The second kappa shape index (κ2) is 7.99. The summed E-state index contributed by atoms with van der Waals surface area (Å²) in [6, 6.07) is 15.5. The van der Waals surface area contributed by atoms with Crippen LogP contribution in [0.1, 0.15) is 5.56 Å². The Morgan fingerprint density at radius 3 is 2.52 bits per heavy atom. The first-order valence-corrected chi connectivity index (χ1v) is 7.65. The normalized spacial score (nSPS) is 10.2. The summed E-state index contributed by atoms with van der Waals surface area (Å²) in [5.74, 6) is 0.780. The molecule has 0 fully saturated rings. The van der Waals surface area contributed by atoms with E-state index in [0.29, 0.717) is 6.54 Å². The second-order valence-electron chi connectivity index (χ2n) is 4.48. The zero-order valence-corrected chi connectivity index (χ0v) is 13.9. The summed E-state index contributed by atoms with van der Waals surface area (Å²) in [5.41, 5.74) is 1.95. The Labute approximate surface area is 138 Å². The number of amides is 1. The number of anilines is 1. The summed E-state index contributed by atoms with van der Waals surface area (Å²) in [5, 5.41) is 6.01. The van der Waals surface area contributed by atoms with Gasteiger partial charge >= 0.3 is 0 Å². The van der Waals surface area contributed by atoms with Gasteiger partial charge in [0.15, 0.2) is 0 Å². The molecule has 2 rings (SSSR count). The van der Waals surface area contributed by atoms with Crippen LogP contribution in [-0.4, -0.2) is 19.6 Å². The molecule has 0 aromatic heterocycles. The summed E-state index contributed by atoms with van der Waals surface area (Å²) in [4.78, 5) is 11.9. The lowest BCUT2D eigenvalue weighted by molar-refractivity contribution is -0.115. The summed E-state index contributed by atoms with van der Waals surface area (Å²) >= 11 is 2.20. The minimum Gasteiger partial charge on any atom is -0.497 e. The summed E-state index contributed by atoms with van der Waals surface area (Å²) in [7, 11) is 1.64.